The van der Waals surface area contributed by atoms with Gasteiger partial charge < -0.3 is 15.1 Å². The van der Waals surface area contributed by atoms with E-state index in [4.69, 9.17) is 10.2 Å². The summed E-state index contributed by atoms with van der Waals surface area (Å²) in [7, 11) is 3.96. The monoisotopic (exact) mass is 223 g/mol. The SMILES string of the molecule is CN(C)c1ccc([C@@H](CN)N2CCCC2)o1. The van der Waals surface area contributed by atoms with Crippen LogP contribution in [0.1, 0.15) is 24.6 Å². The average Bonchev–Trinajstić information content (AvgIpc) is 2.88. The first kappa shape index (κ1) is 11.5. The zero-order valence-electron chi connectivity index (χ0n) is 10.1. The van der Waals surface area contributed by atoms with Crippen molar-refractivity contribution in [2.45, 2.75) is 18.9 Å². The van der Waals surface area contributed by atoms with Crippen LogP contribution in [0.25, 0.3) is 0 Å². The molecule has 16 heavy (non-hydrogen) atoms. The van der Waals surface area contributed by atoms with Gasteiger partial charge in [-0.3, -0.25) is 4.90 Å². The first-order valence-corrected chi connectivity index (χ1v) is 5.93. The molecule has 0 aromatic carbocycles. The molecule has 0 bridgehead atoms. The Bertz CT molecular complexity index is 329. The second-order valence-electron chi connectivity index (χ2n) is 4.57. The molecule has 0 aliphatic carbocycles. The summed E-state index contributed by atoms with van der Waals surface area (Å²) < 4.78 is 5.81. The number of likely N-dealkylation sites (tertiary alicyclic amines) is 1. The van der Waals surface area contributed by atoms with Crippen molar-refractivity contribution in [3.8, 4) is 0 Å². The Morgan fingerprint density at radius 1 is 1.38 bits per heavy atom. The third-order valence-electron chi connectivity index (χ3n) is 3.19. The summed E-state index contributed by atoms with van der Waals surface area (Å²) in [6.45, 7) is 2.90. The van der Waals surface area contributed by atoms with E-state index in [1.807, 2.05) is 31.1 Å². The molecule has 1 fully saturated rings. The topological polar surface area (TPSA) is 45.6 Å². The molecule has 1 aromatic rings. The van der Waals surface area contributed by atoms with E-state index in [0.717, 1.165) is 24.7 Å². The Labute approximate surface area is 97.0 Å². The molecule has 90 valence electrons. The minimum absolute atomic E-state index is 0.246. The molecule has 4 heteroatoms. The maximum absolute atomic E-state index is 5.85. The van der Waals surface area contributed by atoms with E-state index in [-0.39, 0.29) is 6.04 Å². The van der Waals surface area contributed by atoms with Crippen LogP contribution in [0, 0.1) is 0 Å². The molecule has 1 atom stereocenters. The van der Waals surface area contributed by atoms with Crippen LogP contribution in [0.3, 0.4) is 0 Å². The van der Waals surface area contributed by atoms with Crippen molar-refractivity contribution >= 4 is 5.88 Å². The van der Waals surface area contributed by atoms with E-state index >= 15 is 0 Å². The number of nitrogens with zero attached hydrogens (tertiary/aromatic N) is 2. The zero-order chi connectivity index (χ0) is 11.5. The van der Waals surface area contributed by atoms with Crippen LogP contribution in [-0.2, 0) is 0 Å². The fourth-order valence-electron chi connectivity index (χ4n) is 2.26. The third-order valence-corrected chi connectivity index (χ3v) is 3.19. The third kappa shape index (κ3) is 2.23. The van der Waals surface area contributed by atoms with Crippen LogP contribution in [0.15, 0.2) is 16.5 Å². The van der Waals surface area contributed by atoms with Crippen LogP contribution in [0.4, 0.5) is 5.88 Å². The molecular formula is C12H21N3O. The second-order valence-corrected chi connectivity index (χ2v) is 4.57. The van der Waals surface area contributed by atoms with Gasteiger partial charge in [0.25, 0.3) is 0 Å². The van der Waals surface area contributed by atoms with Crippen molar-refractivity contribution in [3.05, 3.63) is 17.9 Å². The molecule has 2 heterocycles. The summed E-state index contributed by atoms with van der Waals surface area (Å²) in [5, 5.41) is 0. The molecule has 0 amide bonds. The number of nitrogens with two attached hydrogens (primary N) is 1. The summed E-state index contributed by atoms with van der Waals surface area (Å²) >= 11 is 0. The van der Waals surface area contributed by atoms with E-state index in [0.29, 0.717) is 6.54 Å². The number of hydrogen-bond acceptors (Lipinski definition) is 4. The Balaban J connectivity index is 2.12. The normalized spacial score (nSPS) is 18.9. The lowest BCUT2D eigenvalue weighted by atomic mass is 10.2. The van der Waals surface area contributed by atoms with E-state index < -0.39 is 0 Å². The number of hydrogen-bond donors (Lipinski definition) is 1. The highest BCUT2D eigenvalue weighted by Gasteiger charge is 2.24. The van der Waals surface area contributed by atoms with Crippen LogP contribution in [0.2, 0.25) is 0 Å². The van der Waals surface area contributed by atoms with Crippen molar-refractivity contribution in [1.82, 2.24) is 4.90 Å². The predicted octanol–water partition coefficient (Wildman–Crippen LogP) is 1.44. The van der Waals surface area contributed by atoms with E-state index in [1.165, 1.54) is 12.8 Å². The van der Waals surface area contributed by atoms with Gasteiger partial charge in [0.05, 0.1) is 6.04 Å². The Kier molecular flexibility index (Phi) is 3.51. The van der Waals surface area contributed by atoms with Crippen molar-refractivity contribution in [2.75, 3.05) is 38.6 Å². The van der Waals surface area contributed by atoms with Crippen LogP contribution in [0.5, 0.6) is 0 Å². The van der Waals surface area contributed by atoms with Gasteiger partial charge in [0, 0.05) is 26.7 Å². The van der Waals surface area contributed by atoms with Gasteiger partial charge in [0.2, 0.25) is 0 Å². The summed E-state index contributed by atoms with van der Waals surface area (Å²) in [6, 6.07) is 4.30. The van der Waals surface area contributed by atoms with Crippen molar-refractivity contribution in [3.63, 3.8) is 0 Å². The summed E-state index contributed by atoms with van der Waals surface area (Å²) in [5.41, 5.74) is 5.85. The lowest BCUT2D eigenvalue weighted by molar-refractivity contribution is 0.221. The summed E-state index contributed by atoms with van der Waals surface area (Å²) in [5.74, 6) is 1.89. The molecule has 1 aliphatic heterocycles. The van der Waals surface area contributed by atoms with Crippen molar-refractivity contribution in [1.29, 1.82) is 0 Å². The maximum Gasteiger partial charge on any atom is 0.195 e. The molecule has 1 aromatic heterocycles. The lowest BCUT2D eigenvalue weighted by Gasteiger charge is -2.24. The minimum atomic E-state index is 0.246. The summed E-state index contributed by atoms with van der Waals surface area (Å²) in [4.78, 5) is 4.39. The van der Waals surface area contributed by atoms with Gasteiger partial charge in [-0.05, 0) is 32.0 Å². The molecule has 0 spiro atoms. The van der Waals surface area contributed by atoms with E-state index in [2.05, 4.69) is 4.90 Å². The molecule has 2 N–H and O–H groups in total. The van der Waals surface area contributed by atoms with Gasteiger partial charge in [0.15, 0.2) is 5.88 Å². The van der Waals surface area contributed by atoms with Gasteiger partial charge in [-0.1, -0.05) is 0 Å². The minimum Gasteiger partial charge on any atom is -0.444 e. The van der Waals surface area contributed by atoms with Crippen molar-refractivity contribution in [2.24, 2.45) is 5.73 Å². The van der Waals surface area contributed by atoms with E-state index in [1.54, 1.807) is 0 Å². The van der Waals surface area contributed by atoms with Gasteiger partial charge in [0.1, 0.15) is 5.76 Å². The first-order valence-electron chi connectivity index (χ1n) is 5.93. The Hall–Kier alpha value is -1.00. The van der Waals surface area contributed by atoms with Crippen LogP contribution < -0.4 is 10.6 Å². The molecule has 0 radical (unpaired) electrons. The largest absolute Gasteiger partial charge is 0.444 e. The van der Waals surface area contributed by atoms with Crippen LogP contribution in [-0.4, -0.2) is 38.6 Å². The number of rotatable bonds is 4. The second kappa shape index (κ2) is 4.89. The molecule has 0 saturated carbocycles. The molecular weight excluding hydrogens is 202 g/mol. The molecule has 2 rings (SSSR count). The quantitative estimate of drug-likeness (QED) is 0.839. The molecule has 4 nitrogen and oxygen atoms in total. The van der Waals surface area contributed by atoms with Gasteiger partial charge in [-0.15, -0.1) is 0 Å². The standard InChI is InChI=1S/C12H21N3O/c1-14(2)12-6-5-11(16-12)10(9-13)15-7-3-4-8-15/h5-6,10H,3-4,7-9,13H2,1-2H3/t10-/m1/s1. The van der Waals surface area contributed by atoms with Gasteiger partial charge >= 0.3 is 0 Å². The smallest absolute Gasteiger partial charge is 0.195 e. The maximum atomic E-state index is 5.85. The first-order chi connectivity index (χ1) is 7.72. The molecule has 1 aliphatic rings. The average molecular weight is 223 g/mol. The van der Waals surface area contributed by atoms with E-state index in [9.17, 15) is 0 Å². The Morgan fingerprint density at radius 3 is 2.56 bits per heavy atom. The zero-order valence-corrected chi connectivity index (χ0v) is 10.1. The highest BCUT2D eigenvalue weighted by Crippen LogP contribution is 2.28. The molecule has 1 saturated heterocycles. The highest BCUT2D eigenvalue weighted by atomic mass is 16.4. The summed E-state index contributed by atoms with van der Waals surface area (Å²) in [6.07, 6.45) is 2.55. The Morgan fingerprint density at radius 2 is 2.06 bits per heavy atom. The van der Waals surface area contributed by atoms with Gasteiger partial charge in [-0.2, -0.15) is 0 Å². The number of anilines is 1. The predicted molar refractivity (Wildman–Crippen MR) is 65.6 cm³/mol. The number of furan rings is 1. The highest BCUT2D eigenvalue weighted by molar-refractivity contribution is 5.34. The van der Waals surface area contributed by atoms with Crippen LogP contribution >= 0.6 is 0 Å². The van der Waals surface area contributed by atoms with Gasteiger partial charge in [-0.25, -0.2) is 0 Å². The fraction of sp³-hybridized carbons (Fsp3) is 0.667. The lowest BCUT2D eigenvalue weighted by Crippen LogP contribution is -2.31. The fourth-order valence-corrected chi connectivity index (χ4v) is 2.26. The van der Waals surface area contributed by atoms with Crippen molar-refractivity contribution < 1.29 is 4.42 Å². The molecule has 0 unspecified atom stereocenters.